The molecule has 0 spiro atoms. The van der Waals surface area contributed by atoms with Crippen LogP contribution in [0.2, 0.25) is 0 Å². The minimum absolute atomic E-state index is 0.00262. The van der Waals surface area contributed by atoms with E-state index in [1.54, 1.807) is 11.3 Å². The number of fused-ring (bicyclic) bond motifs is 2. The largest absolute Gasteiger partial charge is 0.494 e. The molecule has 3 heterocycles. The number of ether oxygens (including phenoxy) is 2. The van der Waals surface area contributed by atoms with E-state index < -0.39 is 0 Å². The molecule has 8 heteroatoms. The Kier molecular flexibility index (Phi) is 10.2. The van der Waals surface area contributed by atoms with Gasteiger partial charge in [-0.2, -0.15) is 0 Å². The average Bonchev–Trinajstić information content (AvgIpc) is 3.49. The Labute approximate surface area is 252 Å². The molecule has 0 unspecified atom stereocenters. The summed E-state index contributed by atoms with van der Waals surface area (Å²) in [6.07, 6.45) is 5.67. The van der Waals surface area contributed by atoms with Crippen molar-refractivity contribution in [3.63, 3.8) is 0 Å². The smallest absolute Gasteiger partial charge is 0.313 e. The van der Waals surface area contributed by atoms with Gasteiger partial charge in [-0.1, -0.05) is 32.8 Å². The van der Waals surface area contributed by atoms with Gasteiger partial charge in [-0.25, -0.2) is 0 Å². The Morgan fingerprint density at radius 3 is 2.60 bits per heavy atom. The molecule has 224 valence electrons. The predicted molar refractivity (Wildman–Crippen MR) is 172 cm³/mol. The molecule has 2 aromatic carbocycles. The Morgan fingerprint density at radius 2 is 1.81 bits per heavy atom. The number of anilines is 1. The Balaban J connectivity index is 1.20. The van der Waals surface area contributed by atoms with Crippen molar-refractivity contribution in [2.45, 2.75) is 52.4 Å². The highest BCUT2D eigenvalue weighted by Gasteiger charge is 2.35. The minimum atomic E-state index is -0.114. The van der Waals surface area contributed by atoms with Crippen molar-refractivity contribution in [1.29, 1.82) is 0 Å². The molecule has 0 radical (unpaired) electrons. The highest BCUT2D eigenvalue weighted by Crippen LogP contribution is 2.32. The van der Waals surface area contributed by atoms with Gasteiger partial charge in [0.05, 0.1) is 50.8 Å². The van der Waals surface area contributed by atoms with Crippen molar-refractivity contribution >= 4 is 44.0 Å². The van der Waals surface area contributed by atoms with Crippen molar-refractivity contribution in [3.05, 3.63) is 70.3 Å². The molecule has 2 aromatic heterocycles. The molecule has 0 bridgehead atoms. The van der Waals surface area contributed by atoms with E-state index in [0.717, 1.165) is 92.4 Å². The third-order valence-corrected chi connectivity index (χ3v) is 9.46. The summed E-state index contributed by atoms with van der Waals surface area (Å²) in [5.41, 5.74) is 1.98. The number of esters is 1. The maximum Gasteiger partial charge on any atom is 0.313 e. The van der Waals surface area contributed by atoms with E-state index >= 15 is 0 Å². The maximum atomic E-state index is 13.1. The summed E-state index contributed by atoms with van der Waals surface area (Å²) in [4.78, 5) is 30.1. The molecule has 4 aromatic rings. The van der Waals surface area contributed by atoms with Crippen molar-refractivity contribution in [3.8, 4) is 5.75 Å². The molecule has 1 fully saturated rings. The first-order valence-corrected chi connectivity index (χ1v) is 16.4. The average molecular weight is 591 g/mol. The summed E-state index contributed by atoms with van der Waals surface area (Å²) < 4.78 is 14.2. The molecule has 1 aliphatic heterocycles. The van der Waals surface area contributed by atoms with Gasteiger partial charge in [0.2, 0.25) is 12.3 Å². The molecule has 0 amide bonds. The van der Waals surface area contributed by atoms with Crippen LogP contribution in [0.3, 0.4) is 0 Å². The number of hydrogen-bond acceptors (Lipinski definition) is 6. The molecular weight excluding hydrogens is 546 g/mol. The van der Waals surface area contributed by atoms with Crippen molar-refractivity contribution in [2.24, 2.45) is 5.92 Å². The lowest BCUT2D eigenvalue weighted by Gasteiger charge is -2.45. The third-order valence-electron chi connectivity index (χ3n) is 8.58. The van der Waals surface area contributed by atoms with Gasteiger partial charge in [0.25, 0.3) is 0 Å². The first kappa shape index (κ1) is 30.1. The topological polar surface area (TPSA) is 71.6 Å². The van der Waals surface area contributed by atoms with Gasteiger partial charge in [0.15, 0.2) is 0 Å². The number of benzene rings is 2. The summed E-state index contributed by atoms with van der Waals surface area (Å²) in [6.45, 7) is 10.0. The number of hydrogen-bond donors (Lipinski definition) is 1. The zero-order chi connectivity index (χ0) is 29.4. The van der Waals surface area contributed by atoms with Crippen LogP contribution in [0, 0.1) is 5.92 Å². The van der Waals surface area contributed by atoms with Gasteiger partial charge in [-0.3, -0.25) is 14.1 Å². The lowest BCUT2D eigenvalue weighted by atomic mass is 9.99. The predicted octanol–water partition coefficient (Wildman–Crippen LogP) is 6.96. The second kappa shape index (κ2) is 14.2. The molecule has 0 atom stereocenters. The zero-order valence-electron chi connectivity index (χ0n) is 25.0. The van der Waals surface area contributed by atoms with Crippen LogP contribution in [0.25, 0.3) is 21.0 Å². The molecule has 5 rings (SSSR count). The second-order valence-corrected chi connectivity index (χ2v) is 12.6. The number of H-pyrrole nitrogens is 1. The van der Waals surface area contributed by atoms with Crippen LogP contribution in [0.5, 0.6) is 5.75 Å². The first-order valence-electron chi connectivity index (χ1n) is 15.5. The molecule has 42 heavy (non-hydrogen) atoms. The normalized spacial score (nSPS) is 15.0. The number of pyridine rings is 1. The third kappa shape index (κ3) is 7.34. The minimum Gasteiger partial charge on any atom is -0.494 e. The van der Waals surface area contributed by atoms with E-state index in [-0.39, 0.29) is 17.4 Å². The van der Waals surface area contributed by atoms with Gasteiger partial charge < -0.3 is 19.4 Å². The van der Waals surface area contributed by atoms with Gasteiger partial charge >= 0.3 is 5.97 Å². The number of carbonyl (C=O) groups is 1. The fourth-order valence-electron chi connectivity index (χ4n) is 6.15. The monoisotopic (exact) mass is 590 g/mol. The van der Waals surface area contributed by atoms with Crippen LogP contribution in [-0.2, 0) is 9.53 Å². The van der Waals surface area contributed by atoms with Crippen LogP contribution >= 0.6 is 11.3 Å². The number of piperazine rings is 1. The van der Waals surface area contributed by atoms with E-state index in [1.807, 2.05) is 24.3 Å². The van der Waals surface area contributed by atoms with E-state index in [0.29, 0.717) is 13.3 Å². The summed E-state index contributed by atoms with van der Waals surface area (Å²) in [7, 11) is 0. The SMILES string of the molecule is CCCC(CCC)C(=O)OC[N+]1(CCCCOc2ccc3ccc(=O)[nH]c3c2)CCN(c2cccc3sccc23)CC1. The number of aromatic amines is 1. The van der Waals surface area contributed by atoms with Crippen molar-refractivity contribution < 1.29 is 18.8 Å². The maximum absolute atomic E-state index is 13.1. The number of nitrogens with one attached hydrogen (secondary N) is 1. The van der Waals surface area contributed by atoms with E-state index in [9.17, 15) is 9.59 Å². The standard InChI is InChI=1S/C34H43N3O4S/c1-3-8-27(9-4-2)34(39)41-25-37(20-17-36(18-21-37)31-10-7-11-32-29(31)16-23-42-32)19-5-6-22-40-28-14-12-26-13-15-33(38)35-30(26)24-28/h7,10-16,23-24,27H,3-6,8-9,17-22,25H2,1-2H3/p+1. The van der Waals surface area contributed by atoms with Gasteiger partial charge in [-0.05, 0) is 72.8 Å². The summed E-state index contributed by atoms with van der Waals surface area (Å²) in [6, 6.07) is 18.0. The number of unbranched alkanes of at least 4 members (excludes halogenated alkanes) is 1. The lowest BCUT2D eigenvalue weighted by molar-refractivity contribution is -0.944. The summed E-state index contributed by atoms with van der Waals surface area (Å²) >= 11 is 1.79. The van der Waals surface area contributed by atoms with Crippen LogP contribution in [0.4, 0.5) is 5.69 Å². The molecule has 0 aliphatic carbocycles. The van der Waals surface area contributed by atoms with Crippen LogP contribution in [0.1, 0.15) is 52.4 Å². The molecule has 1 saturated heterocycles. The van der Waals surface area contributed by atoms with E-state index in [1.165, 1.54) is 21.8 Å². The highest BCUT2D eigenvalue weighted by molar-refractivity contribution is 7.17. The Bertz CT molecular complexity index is 1520. The van der Waals surface area contributed by atoms with Gasteiger partial charge in [0, 0.05) is 27.9 Å². The van der Waals surface area contributed by atoms with Crippen molar-refractivity contribution in [1.82, 2.24) is 4.98 Å². The molecule has 1 aliphatic rings. The molecule has 7 nitrogen and oxygen atoms in total. The van der Waals surface area contributed by atoms with E-state index in [2.05, 4.69) is 53.4 Å². The Hall–Kier alpha value is -3.36. The quantitative estimate of drug-likeness (QED) is 0.0977. The Morgan fingerprint density at radius 1 is 1.02 bits per heavy atom. The summed E-state index contributed by atoms with van der Waals surface area (Å²) in [5.74, 6) is 0.735. The van der Waals surface area contributed by atoms with Gasteiger partial charge in [0.1, 0.15) is 5.75 Å². The van der Waals surface area contributed by atoms with Gasteiger partial charge in [-0.15, -0.1) is 11.3 Å². The summed E-state index contributed by atoms with van der Waals surface area (Å²) in [5, 5.41) is 4.48. The number of aromatic nitrogens is 1. The molecule has 1 N–H and O–H groups in total. The number of quaternary nitrogens is 1. The van der Waals surface area contributed by atoms with Crippen LogP contribution in [0.15, 0.2) is 64.8 Å². The number of thiophene rings is 1. The van der Waals surface area contributed by atoms with Crippen LogP contribution < -0.4 is 15.2 Å². The highest BCUT2D eigenvalue weighted by atomic mass is 32.1. The lowest BCUT2D eigenvalue weighted by Crippen LogP contribution is -2.61. The fraction of sp³-hybridized carbons (Fsp3) is 0.471. The number of rotatable bonds is 14. The zero-order valence-corrected chi connectivity index (χ0v) is 25.8. The van der Waals surface area contributed by atoms with Crippen molar-refractivity contribution in [2.75, 3.05) is 51.0 Å². The number of carbonyl (C=O) groups excluding carboxylic acids is 1. The fourth-order valence-corrected chi connectivity index (χ4v) is 6.96. The van der Waals surface area contributed by atoms with Crippen LogP contribution in [-0.4, -0.2) is 61.5 Å². The molecule has 0 saturated carbocycles. The molecular formula is C34H44N3O4S+. The number of nitrogens with zero attached hydrogens (tertiary/aromatic N) is 2. The first-order chi connectivity index (χ1) is 20.5. The van der Waals surface area contributed by atoms with E-state index in [4.69, 9.17) is 9.47 Å². The second-order valence-electron chi connectivity index (χ2n) is 11.6.